The molecule has 0 aromatic carbocycles. The summed E-state index contributed by atoms with van der Waals surface area (Å²) in [4.78, 5) is 41.3. The molecule has 0 aliphatic carbocycles. The van der Waals surface area contributed by atoms with Crippen LogP contribution in [0.15, 0.2) is 11.6 Å². The molecule has 0 aromatic heterocycles. The van der Waals surface area contributed by atoms with Crippen LogP contribution in [0.4, 0.5) is 9.18 Å². The van der Waals surface area contributed by atoms with Gasteiger partial charge in [-0.2, -0.15) is 5.06 Å². The Bertz CT molecular complexity index is 553. The van der Waals surface area contributed by atoms with Gasteiger partial charge in [-0.05, 0) is 25.8 Å². The molecule has 8 nitrogen and oxygen atoms in total. The Morgan fingerprint density at radius 2 is 2.17 bits per heavy atom. The number of hydrogen-bond donors (Lipinski definition) is 1. The zero-order chi connectivity index (χ0) is 17.3. The first-order valence-electron chi connectivity index (χ1n) is 7.35. The fourth-order valence-corrected chi connectivity index (χ4v) is 2.58. The van der Waals surface area contributed by atoms with Crippen LogP contribution in [0.25, 0.3) is 0 Å². The molecular weight excluding hydrogens is 309 g/mol. The molecule has 1 unspecified atom stereocenters. The number of amides is 3. The quantitative estimate of drug-likeness (QED) is 0.564. The van der Waals surface area contributed by atoms with Gasteiger partial charge in [-0.1, -0.05) is 13.0 Å². The van der Waals surface area contributed by atoms with E-state index in [4.69, 9.17) is 15.3 Å². The normalized spacial score (nSPS) is 25.9. The molecule has 23 heavy (non-hydrogen) atoms. The third-order valence-electron chi connectivity index (χ3n) is 3.87. The number of alkyl halides is 1. The molecular formula is C14H20FN3O5. The maximum absolute atomic E-state index is 13.9. The lowest BCUT2D eigenvalue weighted by Gasteiger charge is -2.27. The molecule has 2 rings (SSSR count). The fourth-order valence-electron chi connectivity index (χ4n) is 2.58. The van der Waals surface area contributed by atoms with E-state index < -0.39 is 42.5 Å². The van der Waals surface area contributed by atoms with Gasteiger partial charge < -0.3 is 15.4 Å². The summed E-state index contributed by atoms with van der Waals surface area (Å²) in [6, 6.07) is -2.20. The van der Waals surface area contributed by atoms with Crippen molar-refractivity contribution in [3.05, 3.63) is 11.6 Å². The van der Waals surface area contributed by atoms with E-state index in [0.29, 0.717) is 12.0 Å². The SMILES string of the molecule is CCC(C)OC(=O)[C@@H](F)ON1C(=O)N2C[C@H]1C=C(C)[C@H]2C(N)=O. The molecule has 3 amide bonds. The van der Waals surface area contributed by atoms with Crippen molar-refractivity contribution in [1.29, 1.82) is 0 Å². The van der Waals surface area contributed by atoms with E-state index in [1.165, 1.54) is 4.90 Å². The zero-order valence-corrected chi connectivity index (χ0v) is 13.2. The summed E-state index contributed by atoms with van der Waals surface area (Å²) in [6.45, 7) is 5.18. The second-order valence-corrected chi connectivity index (χ2v) is 5.62. The van der Waals surface area contributed by atoms with Crippen LogP contribution in [-0.2, 0) is 19.2 Å². The summed E-state index contributed by atoms with van der Waals surface area (Å²) in [5, 5.41) is 0.745. The molecule has 1 saturated heterocycles. The van der Waals surface area contributed by atoms with Crippen LogP contribution in [-0.4, -0.2) is 59.0 Å². The molecule has 128 valence electrons. The van der Waals surface area contributed by atoms with Crippen molar-refractivity contribution in [2.45, 2.75) is 51.7 Å². The molecule has 4 atom stereocenters. The lowest BCUT2D eigenvalue weighted by molar-refractivity contribution is -0.225. The summed E-state index contributed by atoms with van der Waals surface area (Å²) in [5.41, 5.74) is 5.86. The third-order valence-corrected chi connectivity index (χ3v) is 3.87. The first-order chi connectivity index (χ1) is 10.8. The van der Waals surface area contributed by atoms with Gasteiger partial charge in [0.2, 0.25) is 5.91 Å². The van der Waals surface area contributed by atoms with Gasteiger partial charge >= 0.3 is 18.4 Å². The van der Waals surface area contributed by atoms with Gasteiger partial charge in [-0.25, -0.2) is 18.8 Å². The third kappa shape index (κ3) is 3.29. The van der Waals surface area contributed by atoms with E-state index in [0.717, 1.165) is 5.06 Å². The van der Waals surface area contributed by atoms with Crippen LogP contribution in [0.3, 0.4) is 0 Å². The molecule has 9 heteroatoms. The van der Waals surface area contributed by atoms with Gasteiger partial charge in [0, 0.05) is 0 Å². The van der Waals surface area contributed by atoms with Crippen molar-refractivity contribution in [3.8, 4) is 0 Å². The molecule has 1 fully saturated rings. The molecule has 2 heterocycles. The molecule has 2 N–H and O–H groups in total. The molecule has 2 bridgehead atoms. The smallest absolute Gasteiger partial charge is 0.371 e. The first kappa shape index (κ1) is 17.2. The Morgan fingerprint density at radius 1 is 1.52 bits per heavy atom. The van der Waals surface area contributed by atoms with Crippen molar-refractivity contribution < 1.29 is 28.3 Å². The second-order valence-electron chi connectivity index (χ2n) is 5.62. The predicted octanol–water partition coefficient (Wildman–Crippen LogP) is 0.475. The number of carbonyl (C=O) groups is 3. The average molecular weight is 329 g/mol. The lowest BCUT2D eigenvalue weighted by Crippen LogP contribution is -2.48. The van der Waals surface area contributed by atoms with Gasteiger partial charge in [0.1, 0.15) is 6.04 Å². The fraction of sp³-hybridized carbons (Fsp3) is 0.643. The Hall–Kier alpha value is -2.16. The second kappa shape index (κ2) is 6.53. The van der Waals surface area contributed by atoms with Gasteiger partial charge in [0.05, 0.1) is 18.7 Å². The van der Waals surface area contributed by atoms with Gasteiger partial charge in [0.25, 0.3) is 0 Å². The number of fused-ring (bicyclic) bond motifs is 2. The topological polar surface area (TPSA) is 102 Å². The summed E-state index contributed by atoms with van der Waals surface area (Å²) in [5.74, 6) is -1.88. The maximum Gasteiger partial charge on any atom is 0.371 e. The zero-order valence-electron chi connectivity index (χ0n) is 13.2. The van der Waals surface area contributed by atoms with E-state index in [1.807, 2.05) is 0 Å². The largest absolute Gasteiger partial charge is 0.459 e. The van der Waals surface area contributed by atoms with Gasteiger partial charge in [-0.3, -0.25) is 4.79 Å². The molecule has 0 radical (unpaired) electrons. The molecule has 2 aliphatic rings. The molecule has 0 saturated carbocycles. The summed E-state index contributed by atoms with van der Waals surface area (Å²) in [6.07, 6.45) is -0.749. The van der Waals surface area contributed by atoms with Crippen molar-refractivity contribution in [3.63, 3.8) is 0 Å². The number of hydroxylamine groups is 2. The Labute approximate surface area is 132 Å². The standard InChI is InChI=1S/C14H20FN3O5/c1-4-8(3)22-13(20)11(15)23-18-9-5-7(2)10(12(16)19)17(6-9)14(18)21/h5,8-11H,4,6H2,1-3H3,(H2,16,19)/t8?,9-,10+,11+/m1/s1. The Morgan fingerprint density at radius 3 is 2.74 bits per heavy atom. The van der Waals surface area contributed by atoms with Crippen molar-refractivity contribution in [2.75, 3.05) is 6.54 Å². The molecule has 0 aromatic rings. The van der Waals surface area contributed by atoms with E-state index in [9.17, 15) is 18.8 Å². The van der Waals surface area contributed by atoms with Crippen molar-refractivity contribution in [1.82, 2.24) is 9.96 Å². The minimum Gasteiger partial charge on any atom is -0.459 e. The number of carbonyl (C=O) groups excluding carboxylic acids is 3. The van der Waals surface area contributed by atoms with Crippen LogP contribution >= 0.6 is 0 Å². The van der Waals surface area contributed by atoms with Crippen LogP contribution < -0.4 is 5.73 Å². The summed E-state index contributed by atoms with van der Waals surface area (Å²) >= 11 is 0. The van der Waals surface area contributed by atoms with E-state index in [-0.39, 0.29) is 6.54 Å². The van der Waals surface area contributed by atoms with E-state index in [2.05, 4.69) is 0 Å². The van der Waals surface area contributed by atoms with E-state index in [1.54, 1.807) is 26.8 Å². The number of esters is 1. The predicted molar refractivity (Wildman–Crippen MR) is 76.3 cm³/mol. The average Bonchev–Trinajstić information content (AvgIpc) is 2.71. The van der Waals surface area contributed by atoms with Crippen molar-refractivity contribution in [2.24, 2.45) is 5.73 Å². The summed E-state index contributed by atoms with van der Waals surface area (Å²) in [7, 11) is 0. The Balaban J connectivity index is 2.07. The number of ether oxygens (including phenoxy) is 1. The number of rotatable bonds is 6. The lowest BCUT2D eigenvalue weighted by atomic mass is 10.0. The minimum atomic E-state index is -2.42. The highest BCUT2D eigenvalue weighted by Crippen LogP contribution is 2.30. The van der Waals surface area contributed by atoms with Gasteiger partial charge in [-0.15, -0.1) is 0 Å². The highest BCUT2D eigenvalue weighted by atomic mass is 19.1. The van der Waals surface area contributed by atoms with Crippen molar-refractivity contribution >= 4 is 17.9 Å². The van der Waals surface area contributed by atoms with Crippen LogP contribution in [0.2, 0.25) is 0 Å². The Kier molecular flexibility index (Phi) is 4.88. The molecule has 0 spiro atoms. The highest BCUT2D eigenvalue weighted by Gasteiger charge is 2.48. The number of urea groups is 1. The number of nitrogens with zero attached hydrogens (tertiary/aromatic N) is 2. The molecule has 2 aliphatic heterocycles. The highest BCUT2D eigenvalue weighted by molar-refractivity contribution is 5.90. The van der Waals surface area contributed by atoms with E-state index >= 15 is 0 Å². The number of primary amides is 1. The van der Waals surface area contributed by atoms with Crippen LogP contribution in [0.5, 0.6) is 0 Å². The first-order valence-corrected chi connectivity index (χ1v) is 7.35. The minimum absolute atomic E-state index is 0.136. The maximum atomic E-state index is 13.9. The monoisotopic (exact) mass is 329 g/mol. The number of halogens is 1. The van der Waals surface area contributed by atoms with Crippen LogP contribution in [0.1, 0.15) is 27.2 Å². The number of nitrogens with two attached hydrogens (primary N) is 1. The number of hydrogen-bond acceptors (Lipinski definition) is 5. The van der Waals surface area contributed by atoms with Crippen LogP contribution in [0, 0.1) is 0 Å². The summed E-state index contributed by atoms with van der Waals surface area (Å²) < 4.78 is 18.7. The van der Waals surface area contributed by atoms with Gasteiger partial charge in [0.15, 0.2) is 0 Å².